The number of aliphatic hydroxyl groups is 1. The fourth-order valence-corrected chi connectivity index (χ4v) is 5.23. The highest BCUT2D eigenvalue weighted by Crippen LogP contribution is 2.49. The van der Waals surface area contributed by atoms with Crippen molar-refractivity contribution in [3.8, 4) is 0 Å². The van der Waals surface area contributed by atoms with Gasteiger partial charge < -0.3 is 15.0 Å². The maximum atomic E-state index is 13.3. The lowest BCUT2D eigenvalue weighted by Crippen LogP contribution is -2.47. The number of nitrogens with one attached hydrogen (secondary N) is 1. The number of aliphatic hydroxyl groups excluding tert-OH is 1. The van der Waals surface area contributed by atoms with E-state index in [4.69, 9.17) is 0 Å². The van der Waals surface area contributed by atoms with E-state index in [-0.39, 0.29) is 41.9 Å². The van der Waals surface area contributed by atoms with Gasteiger partial charge in [-0.3, -0.25) is 14.5 Å². The van der Waals surface area contributed by atoms with E-state index in [2.05, 4.69) is 10.2 Å². The predicted octanol–water partition coefficient (Wildman–Crippen LogP) is 1.68. The van der Waals surface area contributed by atoms with Crippen LogP contribution in [0.15, 0.2) is 47.3 Å². The van der Waals surface area contributed by atoms with Gasteiger partial charge >= 0.3 is 0 Å². The molecule has 1 saturated heterocycles. The van der Waals surface area contributed by atoms with Crippen molar-refractivity contribution in [2.75, 3.05) is 13.2 Å². The van der Waals surface area contributed by atoms with Crippen LogP contribution in [0.4, 0.5) is 4.39 Å². The summed E-state index contributed by atoms with van der Waals surface area (Å²) in [5.41, 5.74) is 1.62. The van der Waals surface area contributed by atoms with Crippen LogP contribution in [0.3, 0.4) is 0 Å². The number of hydrogen-bond acceptors (Lipinski definition) is 4. The maximum Gasteiger partial charge on any atom is 0.250 e. The monoisotopic (exact) mass is 411 g/mol. The average Bonchev–Trinajstić information content (AvgIpc) is 3.53. The summed E-state index contributed by atoms with van der Waals surface area (Å²) in [5, 5.41) is 13.2. The Labute approximate surface area is 174 Å². The highest BCUT2D eigenvalue weighted by Gasteiger charge is 2.56. The first kappa shape index (κ1) is 19.5. The highest BCUT2D eigenvalue weighted by molar-refractivity contribution is 5.80. The minimum atomic E-state index is -0.435. The molecule has 3 heterocycles. The van der Waals surface area contributed by atoms with Crippen LogP contribution in [0.25, 0.3) is 0 Å². The second kappa shape index (κ2) is 7.63. The molecule has 1 aliphatic carbocycles. The number of fused-ring (bicyclic) bond motifs is 4. The Morgan fingerprint density at radius 3 is 2.63 bits per heavy atom. The molecule has 30 heavy (non-hydrogen) atoms. The van der Waals surface area contributed by atoms with Gasteiger partial charge in [-0.25, -0.2) is 4.39 Å². The van der Waals surface area contributed by atoms with Crippen molar-refractivity contribution in [1.82, 2.24) is 14.8 Å². The summed E-state index contributed by atoms with van der Waals surface area (Å²) in [7, 11) is 0. The molecule has 1 aromatic carbocycles. The molecular formula is C23H26FN3O3. The van der Waals surface area contributed by atoms with Crippen LogP contribution < -0.4 is 10.9 Å². The minimum absolute atomic E-state index is 0.0326. The zero-order valence-electron chi connectivity index (χ0n) is 16.7. The standard InChI is InChI=1S/C23H26FN3O3/c24-16-8-6-14(7-9-16)10-25-23(30)21-17(13-28)19-12-26-18(2-1-3-20(26)29)22(21)27(19)11-15-4-5-15/h1-3,6-9,15,17,19,21-22,28H,4-5,10-13H2,(H,25,30)/t17-,19-,21+,22+/m0/s1. The van der Waals surface area contributed by atoms with Gasteiger partial charge in [-0.15, -0.1) is 0 Å². The summed E-state index contributed by atoms with van der Waals surface area (Å²) in [6.45, 7) is 1.61. The second-order valence-corrected chi connectivity index (χ2v) is 8.77. The lowest BCUT2D eigenvalue weighted by Gasteiger charge is -2.38. The van der Waals surface area contributed by atoms with Crippen molar-refractivity contribution in [3.63, 3.8) is 0 Å². The molecule has 2 bridgehead atoms. The zero-order valence-corrected chi connectivity index (χ0v) is 16.7. The third-order valence-corrected chi connectivity index (χ3v) is 6.89. The van der Waals surface area contributed by atoms with E-state index in [1.54, 1.807) is 28.8 Å². The van der Waals surface area contributed by atoms with Gasteiger partial charge in [-0.1, -0.05) is 18.2 Å². The number of rotatable bonds is 6. The Balaban J connectivity index is 1.45. The largest absolute Gasteiger partial charge is 0.396 e. The number of benzene rings is 1. The Morgan fingerprint density at radius 2 is 1.93 bits per heavy atom. The Bertz CT molecular complexity index is 1000. The van der Waals surface area contributed by atoms with Crippen molar-refractivity contribution in [1.29, 1.82) is 0 Å². The summed E-state index contributed by atoms with van der Waals surface area (Å²) in [6.07, 6.45) is 2.39. The highest BCUT2D eigenvalue weighted by atomic mass is 19.1. The van der Waals surface area contributed by atoms with Crippen LogP contribution in [0.1, 0.15) is 30.1 Å². The van der Waals surface area contributed by atoms with E-state index in [1.807, 2.05) is 6.07 Å². The lowest BCUT2D eigenvalue weighted by molar-refractivity contribution is -0.127. The van der Waals surface area contributed by atoms with E-state index in [0.29, 0.717) is 19.0 Å². The number of amides is 1. The molecule has 158 valence electrons. The zero-order chi connectivity index (χ0) is 20.8. The third kappa shape index (κ3) is 3.36. The van der Waals surface area contributed by atoms with Crippen LogP contribution in [0.5, 0.6) is 0 Å². The minimum Gasteiger partial charge on any atom is -0.396 e. The SMILES string of the molecule is O=C(NCc1ccc(F)cc1)[C@@H]1[C@@H](CO)[C@@H]2Cn3c(cccc3=O)[C@H]1N2CC1CC1. The molecular weight excluding hydrogens is 385 g/mol. The van der Waals surface area contributed by atoms with Gasteiger partial charge in [0, 0.05) is 50.0 Å². The Kier molecular flexibility index (Phi) is 4.95. The average molecular weight is 411 g/mol. The third-order valence-electron chi connectivity index (χ3n) is 6.89. The Hall–Kier alpha value is -2.51. The van der Waals surface area contributed by atoms with E-state index in [9.17, 15) is 19.1 Å². The molecule has 0 radical (unpaired) electrons. The van der Waals surface area contributed by atoms with E-state index >= 15 is 0 Å². The fraction of sp³-hybridized carbons (Fsp3) is 0.478. The summed E-state index contributed by atoms with van der Waals surface area (Å²) >= 11 is 0. The maximum absolute atomic E-state index is 13.3. The quantitative estimate of drug-likeness (QED) is 0.759. The molecule has 7 heteroatoms. The summed E-state index contributed by atoms with van der Waals surface area (Å²) in [5.74, 6) is -0.474. The van der Waals surface area contributed by atoms with Gasteiger partial charge in [0.2, 0.25) is 5.91 Å². The second-order valence-electron chi connectivity index (χ2n) is 8.77. The molecule has 2 aliphatic heterocycles. The molecule has 3 aliphatic rings. The summed E-state index contributed by atoms with van der Waals surface area (Å²) in [4.78, 5) is 28.2. The van der Waals surface area contributed by atoms with Crippen LogP contribution >= 0.6 is 0 Å². The van der Waals surface area contributed by atoms with Crippen LogP contribution in [-0.4, -0.2) is 39.7 Å². The van der Waals surface area contributed by atoms with Crippen molar-refractivity contribution in [3.05, 3.63) is 69.9 Å². The van der Waals surface area contributed by atoms with Gasteiger partial charge in [0.25, 0.3) is 5.56 Å². The number of pyridine rings is 1. The number of hydrogen-bond donors (Lipinski definition) is 2. The normalized spacial score (nSPS) is 27.7. The van der Waals surface area contributed by atoms with Gasteiger partial charge in [0.1, 0.15) is 5.82 Å². The van der Waals surface area contributed by atoms with Gasteiger partial charge in [0.15, 0.2) is 0 Å². The molecule has 1 amide bonds. The molecule has 2 N–H and O–H groups in total. The molecule has 2 fully saturated rings. The number of nitrogens with zero attached hydrogens (tertiary/aromatic N) is 2. The number of aromatic nitrogens is 1. The smallest absolute Gasteiger partial charge is 0.250 e. The lowest BCUT2D eigenvalue weighted by atomic mass is 9.86. The summed E-state index contributed by atoms with van der Waals surface area (Å²) < 4.78 is 14.9. The van der Waals surface area contributed by atoms with Crippen LogP contribution in [-0.2, 0) is 17.9 Å². The summed E-state index contributed by atoms with van der Waals surface area (Å²) in [6, 6.07) is 11.0. The van der Waals surface area contributed by atoms with E-state index in [1.165, 1.54) is 25.0 Å². The predicted molar refractivity (Wildman–Crippen MR) is 109 cm³/mol. The van der Waals surface area contributed by atoms with Crippen molar-refractivity contribution in [2.24, 2.45) is 17.8 Å². The first-order valence-corrected chi connectivity index (χ1v) is 10.7. The first-order valence-electron chi connectivity index (χ1n) is 10.7. The molecule has 6 nitrogen and oxygen atoms in total. The van der Waals surface area contributed by atoms with Crippen molar-refractivity contribution < 1.29 is 14.3 Å². The molecule has 0 unspecified atom stereocenters. The van der Waals surface area contributed by atoms with Gasteiger partial charge in [-0.2, -0.15) is 0 Å². The number of carbonyl (C=O) groups is 1. The molecule has 0 spiro atoms. The Morgan fingerprint density at radius 1 is 1.17 bits per heavy atom. The van der Waals surface area contributed by atoms with Gasteiger partial charge in [-0.05, 0) is 42.5 Å². The molecule has 1 aromatic heterocycles. The van der Waals surface area contributed by atoms with Crippen molar-refractivity contribution >= 4 is 5.91 Å². The van der Waals surface area contributed by atoms with E-state index in [0.717, 1.165) is 17.8 Å². The van der Waals surface area contributed by atoms with Crippen LogP contribution in [0.2, 0.25) is 0 Å². The molecule has 2 aromatic rings. The fourth-order valence-electron chi connectivity index (χ4n) is 5.23. The number of halogens is 1. The molecule has 5 rings (SSSR count). The van der Waals surface area contributed by atoms with Gasteiger partial charge in [0.05, 0.1) is 12.0 Å². The van der Waals surface area contributed by atoms with E-state index < -0.39 is 5.92 Å². The molecule has 1 saturated carbocycles. The van der Waals surface area contributed by atoms with Crippen LogP contribution in [0, 0.1) is 23.6 Å². The molecule has 4 atom stereocenters. The number of carbonyl (C=O) groups excluding carboxylic acids is 1. The van der Waals surface area contributed by atoms with Crippen molar-refractivity contribution in [2.45, 2.75) is 38.0 Å². The first-order chi connectivity index (χ1) is 14.6. The topological polar surface area (TPSA) is 74.6 Å².